The lowest BCUT2D eigenvalue weighted by atomic mass is 9.94. The van der Waals surface area contributed by atoms with Crippen molar-refractivity contribution in [2.24, 2.45) is 0 Å². The van der Waals surface area contributed by atoms with Crippen LogP contribution in [0.4, 0.5) is 0 Å². The van der Waals surface area contributed by atoms with Gasteiger partial charge in [0.25, 0.3) is 0 Å². The summed E-state index contributed by atoms with van der Waals surface area (Å²) in [6.07, 6.45) is 6.09. The van der Waals surface area contributed by atoms with Crippen molar-refractivity contribution in [1.82, 2.24) is 4.98 Å². The van der Waals surface area contributed by atoms with Crippen molar-refractivity contribution < 1.29 is 5.11 Å². The van der Waals surface area contributed by atoms with E-state index in [0.717, 1.165) is 59.8 Å². The molecule has 1 heterocycles. The van der Waals surface area contributed by atoms with Gasteiger partial charge in [-0.05, 0) is 76.2 Å². The number of hydrogen-bond donors (Lipinski definition) is 1. The molecular formula is C38H29NOS. The van der Waals surface area contributed by atoms with E-state index >= 15 is 0 Å². The van der Waals surface area contributed by atoms with Crippen molar-refractivity contribution in [3.63, 3.8) is 0 Å². The fraction of sp³-hybridized carbons (Fsp3) is 0.0263. The minimum Gasteiger partial charge on any atom is -0.507 e. The second-order valence-corrected chi connectivity index (χ2v) is 10.9. The zero-order valence-corrected chi connectivity index (χ0v) is 23.6. The first-order chi connectivity index (χ1) is 20.1. The molecule has 0 saturated carbocycles. The summed E-state index contributed by atoms with van der Waals surface area (Å²) in [5.74, 6) is 0.234. The quantitative estimate of drug-likeness (QED) is 0.202. The fourth-order valence-corrected chi connectivity index (χ4v) is 6.11. The molecule has 6 rings (SSSR count). The van der Waals surface area contributed by atoms with Gasteiger partial charge in [0.15, 0.2) is 0 Å². The number of benzene rings is 5. The summed E-state index contributed by atoms with van der Waals surface area (Å²) in [6.45, 7) is 6.09. The maximum Gasteiger partial charge on any atom is 0.128 e. The molecule has 0 amide bonds. The Bertz CT molecular complexity index is 1910. The Balaban J connectivity index is 1.54. The number of phenols is 1. The highest BCUT2D eigenvalue weighted by Crippen LogP contribution is 2.41. The smallest absolute Gasteiger partial charge is 0.128 e. The molecule has 5 aromatic carbocycles. The minimum absolute atomic E-state index is 0.234. The third-order valence-corrected chi connectivity index (χ3v) is 8.18. The third kappa shape index (κ3) is 5.54. The number of para-hydroxylation sites is 1. The first-order valence-electron chi connectivity index (χ1n) is 13.6. The number of phenolic OH excluding ortho intramolecular Hbond substituents is 1. The molecule has 0 spiro atoms. The van der Waals surface area contributed by atoms with E-state index in [4.69, 9.17) is 4.98 Å². The van der Waals surface area contributed by atoms with Crippen LogP contribution in [0.15, 0.2) is 146 Å². The van der Waals surface area contributed by atoms with Crippen LogP contribution in [0, 0.1) is 0 Å². The Morgan fingerprint density at radius 3 is 2.15 bits per heavy atom. The molecule has 1 aromatic heterocycles. The average Bonchev–Trinajstić information content (AvgIpc) is 3.45. The second kappa shape index (κ2) is 11.6. The average molecular weight is 548 g/mol. The van der Waals surface area contributed by atoms with Gasteiger partial charge in [-0.25, -0.2) is 4.98 Å². The molecule has 0 unspecified atom stereocenters. The SMILES string of the molecule is C=C/C=C(\C=C(/C)c1cc(-c2cccc(-c3ccccc3)c2)c2nc(-c3ccccc3O)sc2c1)c1ccccc1. The van der Waals surface area contributed by atoms with Gasteiger partial charge in [0.1, 0.15) is 10.8 Å². The zero-order valence-electron chi connectivity index (χ0n) is 22.8. The van der Waals surface area contributed by atoms with Gasteiger partial charge in [0.2, 0.25) is 0 Å². The topological polar surface area (TPSA) is 33.1 Å². The summed E-state index contributed by atoms with van der Waals surface area (Å²) in [7, 11) is 0. The van der Waals surface area contributed by atoms with Crippen molar-refractivity contribution in [3.8, 4) is 38.6 Å². The summed E-state index contributed by atoms with van der Waals surface area (Å²) in [5, 5.41) is 11.4. The molecule has 2 nitrogen and oxygen atoms in total. The standard InChI is InChI=1S/C38H29NOS/c1-3-13-29(27-14-6-4-7-15-27)22-26(2)32-24-34(31-19-12-18-30(23-31)28-16-8-5-9-17-28)37-36(25-32)41-38(39-37)33-20-10-11-21-35(33)40/h3-25,40H,1H2,2H3/b26-22+,29-13+. The Labute approximate surface area is 244 Å². The van der Waals surface area contributed by atoms with E-state index in [2.05, 4.69) is 105 Å². The summed E-state index contributed by atoms with van der Waals surface area (Å²) in [5.41, 5.74) is 10.7. The first-order valence-corrected chi connectivity index (χ1v) is 14.4. The highest BCUT2D eigenvalue weighted by molar-refractivity contribution is 7.21. The molecule has 6 aromatic rings. The van der Waals surface area contributed by atoms with Gasteiger partial charge in [-0.2, -0.15) is 0 Å². The Morgan fingerprint density at radius 1 is 0.707 bits per heavy atom. The normalized spacial score (nSPS) is 12.0. The molecule has 0 saturated heterocycles. The van der Waals surface area contributed by atoms with Crippen molar-refractivity contribution in [1.29, 1.82) is 0 Å². The number of aromatic hydroxyl groups is 1. The zero-order chi connectivity index (χ0) is 28.2. The minimum atomic E-state index is 0.234. The number of allylic oxidation sites excluding steroid dienone is 5. The van der Waals surface area contributed by atoms with Crippen LogP contribution < -0.4 is 0 Å². The number of hydrogen-bond acceptors (Lipinski definition) is 3. The van der Waals surface area contributed by atoms with Crippen molar-refractivity contribution in [2.45, 2.75) is 6.92 Å². The van der Waals surface area contributed by atoms with Crippen LogP contribution in [-0.2, 0) is 0 Å². The van der Waals surface area contributed by atoms with Crippen LogP contribution in [-0.4, -0.2) is 10.1 Å². The van der Waals surface area contributed by atoms with Crippen LogP contribution in [0.2, 0.25) is 0 Å². The van der Waals surface area contributed by atoms with Crippen molar-refractivity contribution in [2.75, 3.05) is 0 Å². The number of aromatic nitrogens is 1. The van der Waals surface area contributed by atoms with Crippen molar-refractivity contribution >= 4 is 32.7 Å². The van der Waals surface area contributed by atoms with Gasteiger partial charge >= 0.3 is 0 Å². The molecular weight excluding hydrogens is 518 g/mol. The van der Waals surface area contributed by atoms with Crippen LogP contribution in [0.3, 0.4) is 0 Å². The second-order valence-electron chi connectivity index (χ2n) is 9.90. The van der Waals surface area contributed by atoms with E-state index in [1.54, 1.807) is 17.4 Å². The highest BCUT2D eigenvalue weighted by Gasteiger charge is 2.16. The lowest BCUT2D eigenvalue weighted by Gasteiger charge is -2.11. The summed E-state index contributed by atoms with van der Waals surface area (Å²) in [4.78, 5) is 5.08. The van der Waals surface area contributed by atoms with Crippen LogP contribution >= 0.6 is 11.3 Å². The fourth-order valence-electron chi connectivity index (χ4n) is 5.05. The van der Waals surface area contributed by atoms with E-state index in [1.807, 2.05) is 42.5 Å². The number of nitrogens with zero attached hydrogens (tertiary/aromatic N) is 1. The molecule has 1 N–H and O–H groups in total. The van der Waals surface area contributed by atoms with Gasteiger partial charge in [-0.15, -0.1) is 11.3 Å². The monoisotopic (exact) mass is 547 g/mol. The third-order valence-electron chi connectivity index (χ3n) is 7.14. The maximum atomic E-state index is 10.6. The predicted octanol–water partition coefficient (Wildman–Crippen LogP) is 10.7. The first kappa shape index (κ1) is 26.2. The molecule has 0 bridgehead atoms. The van der Waals surface area contributed by atoms with Crippen molar-refractivity contribution in [3.05, 3.63) is 157 Å². The van der Waals surface area contributed by atoms with Crippen LogP contribution in [0.5, 0.6) is 5.75 Å². The van der Waals surface area contributed by atoms with Gasteiger partial charge in [0.05, 0.1) is 15.8 Å². The maximum absolute atomic E-state index is 10.6. The van der Waals surface area contributed by atoms with Gasteiger partial charge in [-0.3, -0.25) is 0 Å². The lowest BCUT2D eigenvalue weighted by Crippen LogP contribution is -1.88. The van der Waals surface area contributed by atoms with E-state index < -0.39 is 0 Å². The molecule has 0 aliphatic heterocycles. The Morgan fingerprint density at radius 2 is 1.39 bits per heavy atom. The molecule has 0 aliphatic carbocycles. The molecule has 3 heteroatoms. The van der Waals surface area contributed by atoms with Gasteiger partial charge < -0.3 is 5.11 Å². The Kier molecular flexibility index (Phi) is 7.44. The predicted molar refractivity (Wildman–Crippen MR) is 176 cm³/mol. The molecule has 198 valence electrons. The molecule has 0 radical (unpaired) electrons. The highest BCUT2D eigenvalue weighted by atomic mass is 32.1. The number of thiazole rings is 1. The molecule has 41 heavy (non-hydrogen) atoms. The molecule has 0 aliphatic rings. The summed E-state index contributed by atoms with van der Waals surface area (Å²) < 4.78 is 1.07. The van der Waals surface area contributed by atoms with E-state index in [-0.39, 0.29) is 5.75 Å². The molecule has 0 atom stereocenters. The van der Waals surface area contributed by atoms with Gasteiger partial charge in [-0.1, -0.05) is 116 Å². The van der Waals surface area contributed by atoms with E-state index in [0.29, 0.717) is 0 Å². The van der Waals surface area contributed by atoms with Gasteiger partial charge in [0, 0.05) is 5.56 Å². The molecule has 0 fully saturated rings. The lowest BCUT2D eigenvalue weighted by molar-refractivity contribution is 0.477. The number of fused-ring (bicyclic) bond motifs is 1. The number of rotatable bonds is 7. The Hall–Kier alpha value is -4.99. The van der Waals surface area contributed by atoms with Crippen LogP contribution in [0.25, 0.3) is 54.2 Å². The van der Waals surface area contributed by atoms with Crippen LogP contribution in [0.1, 0.15) is 18.1 Å². The van der Waals surface area contributed by atoms with E-state index in [9.17, 15) is 5.11 Å². The summed E-state index contributed by atoms with van der Waals surface area (Å²) >= 11 is 1.60. The van der Waals surface area contributed by atoms with E-state index in [1.165, 1.54) is 5.56 Å². The largest absolute Gasteiger partial charge is 0.507 e. The summed E-state index contributed by atoms with van der Waals surface area (Å²) in [6, 6.07) is 41.3.